The van der Waals surface area contributed by atoms with E-state index in [1.807, 2.05) is 30.3 Å². The molecule has 1 aliphatic carbocycles. The molecule has 1 aromatic rings. The van der Waals surface area contributed by atoms with Crippen molar-refractivity contribution in [3.8, 4) is 0 Å². The first-order valence-electron chi connectivity index (χ1n) is 6.86. The standard InChI is InChI=1S/C15H22N2O2/c16-11-15(7-4-8-15)14(19)17-13(10-18)9-12-5-2-1-3-6-12/h1-3,5-6,13,18H,4,7-11,16H2,(H,17,19)/t13-/m0/s1. The normalized spacial score (nSPS) is 18.4. The summed E-state index contributed by atoms with van der Waals surface area (Å²) in [5.74, 6) is -0.00349. The Morgan fingerprint density at radius 1 is 1.37 bits per heavy atom. The molecule has 19 heavy (non-hydrogen) atoms. The molecule has 104 valence electrons. The van der Waals surface area contributed by atoms with E-state index in [-0.39, 0.29) is 24.0 Å². The molecule has 0 unspecified atom stereocenters. The van der Waals surface area contributed by atoms with Gasteiger partial charge in [-0.05, 0) is 24.8 Å². The molecule has 4 heteroatoms. The van der Waals surface area contributed by atoms with Crippen molar-refractivity contribution in [3.05, 3.63) is 35.9 Å². The number of benzene rings is 1. The second-order valence-electron chi connectivity index (χ2n) is 5.38. The van der Waals surface area contributed by atoms with E-state index in [9.17, 15) is 9.90 Å². The summed E-state index contributed by atoms with van der Waals surface area (Å²) in [5, 5.41) is 12.4. The molecule has 4 N–H and O–H groups in total. The molecule has 0 heterocycles. The van der Waals surface area contributed by atoms with Gasteiger partial charge in [-0.1, -0.05) is 36.8 Å². The van der Waals surface area contributed by atoms with Gasteiger partial charge in [-0.3, -0.25) is 4.79 Å². The predicted octanol–water partition coefficient (Wildman–Crippen LogP) is 0.835. The monoisotopic (exact) mass is 262 g/mol. The number of carbonyl (C=O) groups excluding carboxylic acids is 1. The maximum Gasteiger partial charge on any atom is 0.227 e. The van der Waals surface area contributed by atoms with Gasteiger partial charge in [0.15, 0.2) is 0 Å². The Hall–Kier alpha value is -1.39. The van der Waals surface area contributed by atoms with E-state index in [4.69, 9.17) is 5.73 Å². The van der Waals surface area contributed by atoms with Crippen LogP contribution in [-0.4, -0.2) is 30.2 Å². The molecule has 0 aromatic heterocycles. The first-order chi connectivity index (χ1) is 9.20. The molecule has 4 nitrogen and oxygen atoms in total. The van der Waals surface area contributed by atoms with Crippen LogP contribution < -0.4 is 11.1 Å². The van der Waals surface area contributed by atoms with Gasteiger partial charge < -0.3 is 16.2 Å². The summed E-state index contributed by atoms with van der Waals surface area (Å²) in [5.41, 5.74) is 6.44. The minimum Gasteiger partial charge on any atom is -0.394 e. The van der Waals surface area contributed by atoms with Crippen LogP contribution in [-0.2, 0) is 11.2 Å². The van der Waals surface area contributed by atoms with Gasteiger partial charge >= 0.3 is 0 Å². The van der Waals surface area contributed by atoms with Crippen molar-refractivity contribution < 1.29 is 9.90 Å². The third-order valence-corrected chi connectivity index (χ3v) is 4.06. The molecule has 0 saturated heterocycles. The number of carbonyl (C=O) groups is 1. The minimum atomic E-state index is -0.385. The van der Waals surface area contributed by atoms with Crippen LogP contribution in [0.25, 0.3) is 0 Å². The lowest BCUT2D eigenvalue weighted by Crippen LogP contribution is -2.53. The average Bonchev–Trinajstić information content (AvgIpc) is 2.38. The Balaban J connectivity index is 1.94. The molecule has 1 saturated carbocycles. The number of nitrogens with two attached hydrogens (primary N) is 1. The van der Waals surface area contributed by atoms with E-state index >= 15 is 0 Å². The molecule has 0 radical (unpaired) electrons. The number of amides is 1. The fraction of sp³-hybridized carbons (Fsp3) is 0.533. The van der Waals surface area contributed by atoms with Gasteiger partial charge in [0.25, 0.3) is 0 Å². The number of rotatable bonds is 6. The van der Waals surface area contributed by atoms with Crippen molar-refractivity contribution >= 4 is 5.91 Å². The molecule has 1 amide bonds. The summed E-state index contributed by atoms with van der Waals surface area (Å²) in [4.78, 5) is 12.2. The summed E-state index contributed by atoms with van der Waals surface area (Å²) in [6.07, 6.45) is 3.43. The number of aliphatic hydroxyl groups excluding tert-OH is 1. The van der Waals surface area contributed by atoms with Crippen molar-refractivity contribution in [2.45, 2.75) is 31.7 Å². The van der Waals surface area contributed by atoms with E-state index < -0.39 is 0 Å². The second kappa shape index (κ2) is 6.17. The third-order valence-electron chi connectivity index (χ3n) is 4.06. The number of aliphatic hydroxyl groups is 1. The highest BCUT2D eigenvalue weighted by atomic mass is 16.3. The highest BCUT2D eigenvalue weighted by Gasteiger charge is 2.43. The molecular formula is C15H22N2O2. The summed E-state index contributed by atoms with van der Waals surface area (Å²) in [7, 11) is 0. The molecular weight excluding hydrogens is 240 g/mol. The lowest BCUT2D eigenvalue weighted by Gasteiger charge is -2.40. The topological polar surface area (TPSA) is 75.4 Å². The molecule has 0 bridgehead atoms. The highest BCUT2D eigenvalue weighted by molar-refractivity contribution is 5.84. The molecule has 0 spiro atoms. The Morgan fingerprint density at radius 2 is 2.05 bits per heavy atom. The van der Waals surface area contributed by atoms with Gasteiger partial charge in [-0.2, -0.15) is 0 Å². The number of nitrogens with one attached hydrogen (secondary N) is 1. The Labute approximate surface area is 114 Å². The van der Waals surface area contributed by atoms with Gasteiger partial charge in [0.1, 0.15) is 0 Å². The van der Waals surface area contributed by atoms with E-state index in [0.29, 0.717) is 13.0 Å². The summed E-state index contributed by atoms with van der Waals surface area (Å²) in [6, 6.07) is 9.62. The Morgan fingerprint density at radius 3 is 2.53 bits per heavy atom. The Bertz CT molecular complexity index is 410. The lowest BCUT2D eigenvalue weighted by atomic mass is 9.68. The minimum absolute atomic E-state index is 0.00349. The predicted molar refractivity (Wildman–Crippen MR) is 74.5 cm³/mol. The lowest BCUT2D eigenvalue weighted by molar-refractivity contribution is -0.136. The SMILES string of the molecule is NCC1(C(=O)N[C@H](CO)Cc2ccccc2)CCC1. The van der Waals surface area contributed by atoms with Gasteiger partial charge in [-0.25, -0.2) is 0 Å². The van der Waals surface area contributed by atoms with Crippen LogP contribution in [0.4, 0.5) is 0 Å². The van der Waals surface area contributed by atoms with Crippen molar-refractivity contribution in [3.63, 3.8) is 0 Å². The first kappa shape index (κ1) is 14.0. The summed E-state index contributed by atoms with van der Waals surface area (Å²) < 4.78 is 0. The zero-order chi connectivity index (χ0) is 13.7. The molecule has 2 rings (SSSR count). The van der Waals surface area contributed by atoms with Crippen molar-refractivity contribution in [1.29, 1.82) is 0 Å². The van der Waals surface area contributed by atoms with Crippen LogP contribution in [0, 0.1) is 5.41 Å². The summed E-state index contributed by atoms with van der Waals surface area (Å²) in [6.45, 7) is 0.337. The van der Waals surface area contributed by atoms with Gasteiger partial charge in [0.05, 0.1) is 18.1 Å². The van der Waals surface area contributed by atoms with Crippen LogP contribution in [0.3, 0.4) is 0 Å². The molecule has 1 aromatic carbocycles. The number of hydrogen-bond acceptors (Lipinski definition) is 3. The van der Waals surface area contributed by atoms with Gasteiger partial charge in [0, 0.05) is 6.54 Å². The van der Waals surface area contributed by atoms with E-state index in [0.717, 1.165) is 24.8 Å². The average molecular weight is 262 g/mol. The van der Waals surface area contributed by atoms with Crippen molar-refractivity contribution in [1.82, 2.24) is 5.32 Å². The fourth-order valence-corrected chi connectivity index (χ4v) is 2.53. The molecule has 1 aliphatic rings. The Kier molecular flexibility index (Phi) is 4.56. The largest absolute Gasteiger partial charge is 0.394 e. The van der Waals surface area contributed by atoms with Gasteiger partial charge in [0.2, 0.25) is 5.91 Å². The van der Waals surface area contributed by atoms with Crippen LogP contribution in [0.15, 0.2) is 30.3 Å². The van der Waals surface area contributed by atoms with E-state index in [2.05, 4.69) is 5.32 Å². The maximum absolute atomic E-state index is 12.2. The number of hydrogen-bond donors (Lipinski definition) is 3. The van der Waals surface area contributed by atoms with Crippen LogP contribution in [0.2, 0.25) is 0 Å². The first-order valence-corrected chi connectivity index (χ1v) is 6.86. The second-order valence-corrected chi connectivity index (χ2v) is 5.38. The van der Waals surface area contributed by atoms with E-state index in [1.54, 1.807) is 0 Å². The molecule has 1 atom stereocenters. The van der Waals surface area contributed by atoms with Crippen LogP contribution >= 0.6 is 0 Å². The van der Waals surface area contributed by atoms with Crippen LogP contribution in [0.5, 0.6) is 0 Å². The molecule has 0 aliphatic heterocycles. The fourth-order valence-electron chi connectivity index (χ4n) is 2.53. The maximum atomic E-state index is 12.2. The third kappa shape index (κ3) is 3.14. The zero-order valence-electron chi connectivity index (χ0n) is 11.1. The smallest absolute Gasteiger partial charge is 0.227 e. The quantitative estimate of drug-likeness (QED) is 0.711. The van der Waals surface area contributed by atoms with Crippen LogP contribution in [0.1, 0.15) is 24.8 Å². The zero-order valence-corrected chi connectivity index (χ0v) is 11.1. The van der Waals surface area contributed by atoms with Gasteiger partial charge in [-0.15, -0.1) is 0 Å². The van der Waals surface area contributed by atoms with E-state index in [1.165, 1.54) is 0 Å². The molecule has 1 fully saturated rings. The van der Waals surface area contributed by atoms with Crippen molar-refractivity contribution in [2.24, 2.45) is 11.1 Å². The summed E-state index contributed by atoms with van der Waals surface area (Å²) >= 11 is 0. The van der Waals surface area contributed by atoms with Crippen molar-refractivity contribution in [2.75, 3.05) is 13.2 Å². The highest BCUT2D eigenvalue weighted by Crippen LogP contribution is 2.40.